The number of pyridine rings is 1. The van der Waals surface area contributed by atoms with Crippen molar-refractivity contribution in [2.75, 3.05) is 18.4 Å². The summed E-state index contributed by atoms with van der Waals surface area (Å²) in [5, 5.41) is 2.87. The second-order valence-electron chi connectivity index (χ2n) is 7.11. The lowest BCUT2D eigenvalue weighted by molar-refractivity contribution is -0.139. The van der Waals surface area contributed by atoms with Gasteiger partial charge in [0, 0.05) is 18.8 Å². The number of anilines is 1. The number of likely N-dealkylation sites (tertiary alicyclic amines) is 1. The van der Waals surface area contributed by atoms with Crippen LogP contribution in [0.25, 0.3) is 0 Å². The average molecular weight is 330 g/mol. The standard InChI is InChI=1S/C18H26N4O2/c1-13-6-4-8-15(20-13)21-16(23)14-7-5-11-22(12-14)17(24)18(19)9-2-3-10-18/h4,6,8,14H,2-3,5,7,9-12,19H2,1H3,(H,20,21,23). The van der Waals surface area contributed by atoms with Crippen LogP contribution >= 0.6 is 0 Å². The quantitative estimate of drug-likeness (QED) is 0.885. The van der Waals surface area contributed by atoms with Crippen LogP contribution in [-0.2, 0) is 9.59 Å². The van der Waals surface area contributed by atoms with Crippen molar-refractivity contribution in [3.8, 4) is 0 Å². The molecule has 0 radical (unpaired) electrons. The molecule has 1 saturated heterocycles. The minimum atomic E-state index is -0.712. The highest BCUT2D eigenvalue weighted by atomic mass is 16.2. The van der Waals surface area contributed by atoms with E-state index >= 15 is 0 Å². The molecule has 1 unspecified atom stereocenters. The summed E-state index contributed by atoms with van der Waals surface area (Å²) in [6, 6.07) is 5.54. The Hall–Kier alpha value is -1.95. The Morgan fingerprint density at radius 2 is 2.04 bits per heavy atom. The van der Waals surface area contributed by atoms with Gasteiger partial charge in [0.1, 0.15) is 5.82 Å². The van der Waals surface area contributed by atoms with Crippen LogP contribution < -0.4 is 11.1 Å². The first kappa shape index (κ1) is 16.9. The number of carbonyl (C=O) groups excluding carboxylic acids is 2. The number of aryl methyl sites for hydroxylation is 1. The highest BCUT2D eigenvalue weighted by molar-refractivity contribution is 5.93. The molecule has 0 aromatic carbocycles. The van der Waals surface area contributed by atoms with E-state index < -0.39 is 5.54 Å². The maximum absolute atomic E-state index is 12.8. The zero-order valence-electron chi connectivity index (χ0n) is 14.3. The minimum Gasteiger partial charge on any atom is -0.340 e. The van der Waals surface area contributed by atoms with Crippen LogP contribution in [0.2, 0.25) is 0 Å². The third kappa shape index (κ3) is 3.59. The van der Waals surface area contributed by atoms with Gasteiger partial charge in [-0.3, -0.25) is 9.59 Å². The second-order valence-corrected chi connectivity index (χ2v) is 7.11. The zero-order chi connectivity index (χ0) is 17.2. The molecule has 1 aromatic rings. The maximum Gasteiger partial charge on any atom is 0.242 e. The number of aromatic nitrogens is 1. The van der Waals surface area contributed by atoms with E-state index in [1.807, 2.05) is 19.1 Å². The van der Waals surface area contributed by atoms with Gasteiger partial charge in [0.2, 0.25) is 11.8 Å². The number of rotatable bonds is 3. The van der Waals surface area contributed by atoms with Crippen LogP contribution in [0, 0.1) is 12.8 Å². The molecule has 2 aliphatic rings. The fraction of sp³-hybridized carbons (Fsp3) is 0.611. The van der Waals surface area contributed by atoms with E-state index in [0.717, 1.165) is 44.2 Å². The summed E-state index contributed by atoms with van der Waals surface area (Å²) in [5.74, 6) is 0.318. The van der Waals surface area contributed by atoms with E-state index in [2.05, 4.69) is 10.3 Å². The van der Waals surface area contributed by atoms with E-state index in [1.165, 1.54) is 0 Å². The molecule has 2 heterocycles. The molecule has 1 aliphatic heterocycles. The predicted molar refractivity (Wildman–Crippen MR) is 92.3 cm³/mol. The Balaban J connectivity index is 1.62. The van der Waals surface area contributed by atoms with Crippen LogP contribution in [-0.4, -0.2) is 40.3 Å². The lowest BCUT2D eigenvalue weighted by Gasteiger charge is -2.36. The van der Waals surface area contributed by atoms with Crippen molar-refractivity contribution in [1.29, 1.82) is 0 Å². The molecule has 1 aliphatic carbocycles. The van der Waals surface area contributed by atoms with Crippen LogP contribution in [0.1, 0.15) is 44.2 Å². The summed E-state index contributed by atoms with van der Waals surface area (Å²) in [6.45, 7) is 3.04. The molecule has 130 valence electrons. The van der Waals surface area contributed by atoms with E-state index in [-0.39, 0.29) is 17.7 Å². The fourth-order valence-electron chi connectivity index (χ4n) is 3.75. The Bertz CT molecular complexity index is 625. The fourth-order valence-corrected chi connectivity index (χ4v) is 3.75. The predicted octanol–water partition coefficient (Wildman–Crippen LogP) is 1.84. The summed E-state index contributed by atoms with van der Waals surface area (Å²) >= 11 is 0. The van der Waals surface area contributed by atoms with Gasteiger partial charge in [-0.2, -0.15) is 0 Å². The van der Waals surface area contributed by atoms with Gasteiger partial charge < -0.3 is 16.0 Å². The first-order valence-electron chi connectivity index (χ1n) is 8.81. The number of carbonyl (C=O) groups is 2. The average Bonchev–Trinajstić information content (AvgIpc) is 3.02. The van der Waals surface area contributed by atoms with Crippen LogP contribution in [0.4, 0.5) is 5.82 Å². The van der Waals surface area contributed by atoms with Crippen molar-refractivity contribution >= 4 is 17.6 Å². The normalized spacial score (nSPS) is 23.1. The summed E-state index contributed by atoms with van der Waals surface area (Å²) in [7, 11) is 0. The lowest BCUT2D eigenvalue weighted by atomic mass is 9.92. The molecule has 0 bridgehead atoms. The van der Waals surface area contributed by atoms with Crippen molar-refractivity contribution < 1.29 is 9.59 Å². The van der Waals surface area contributed by atoms with Crippen molar-refractivity contribution in [3.63, 3.8) is 0 Å². The summed E-state index contributed by atoms with van der Waals surface area (Å²) in [5.41, 5.74) is 6.44. The highest BCUT2D eigenvalue weighted by Crippen LogP contribution is 2.30. The number of nitrogens with two attached hydrogens (primary N) is 1. The number of nitrogens with zero attached hydrogens (tertiary/aromatic N) is 2. The van der Waals surface area contributed by atoms with E-state index in [0.29, 0.717) is 18.9 Å². The molecular weight excluding hydrogens is 304 g/mol. The van der Waals surface area contributed by atoms with Gasteiger partial charge in [-0.15, -0.1) is 0 Å². The summed E-state index contributed by atoms with van der Waals surface area (Å²) < 4.78 is 0. The number of nitrogens with one attached hydrogen (secondary N) is 1. The van der Waals surface area contributed by atoms with E-state index in [1.54, 1.807) is 11.0 Å². The summed E-state index contributed by atoms with van der Waals surface area (Å²) in [4.78, 5) is 31.4. The first-order chi connectivity index (χ1) is 11.5. The number of hydrogen-bond acceptors (Lipinski definition) is 4. The molecule has 3 N–H and O–H groups in total. The second kappa shape index (κ2) is 6.89. The smallest absolute Gasteiger partial charge is 0.242 e. The molecule has 6 heteroatoms. The van der Waals surface area contributed by atoms with Crippen molar-refractivity contribution in [3.05, 3.63) is 23.9 Å². The van der Waals surface area contributed by atoms with Gasteiger partial charge in [-0.1, -0.05) is 18.9 Å². The van der Waals surface area contributed by atoms with Gasteiger partial charge >= 0.3 is 0 Å². The van der Waals surface area contributed by atoms with Crippen molar-refractivity contribution in [1.82, 2.24) is 9.88 Å². The van der Waals surface area contributed by atoms with Gasteiger partial charge in [0.15, 0.2) is 0 Å². The maximum atomic E-state index is 12.8. The molecular formula is C18H26N4O2. The molecule has 1 atom stereocenters. The SMILES string of the molecule is Cc1cccc(NC(=O)C2CCCN(C(=O)C3(N)CCCC3)C2)n1. The third-order valence-electron chi connectivity index (χ3n) is 5.14. The number of amides is 2. The highest BCUT2D eigenvalue weighted by Gasteiger charge is 2.41. The monoisotopic (exact) mass is 330 g/mol. The first-order valence-corrected chi connectivity index (χ1v) is 8.81. The summed E-state index contributed by atoms with van der Waals surface area (Å²) in [6.07, 6.45) is 5.16. The molecule has 1 aromatic heterocycles. The third-order valence-corrected chi connectivity index (χ3v) is 5.14. The number of piperidine rings is 1. The zero-order valence-corrected chi connectivity index (χ0v) is 14.3. The largest absolute Gasteiger partial charge is 0.340 e. The topological polar surface area (TPSA) is 88.3 Å². The van der Waals surface area contributed by atoms with Crippen LogP contribution in [0.3, 0.4) is 0 Å². The molecule has 0 spiro atoms. The number of hydrogen-bond donors (Lipinski definition) is 2. The Morgan fingerprint density at radius 3 is 2.75 bits per heavy atom. The Labute approximate surface area is 142 Å². The molecule has 2 fully saturated rings. The van der Waals surface area contributed by atoms with Gasteiger partial charge in [-0.05, 0) is 44.7 Å². The molecule has 24 heavy (non-hydrogen) atoms. The van der Waals surface area contributed by atoms with Gasteiger partial charge in [0.05, 0.1) is 11.5 Å². The van der Waals surface area contributed by atoms with Crippen LogP contribution in [0.5, 0.6) is 0 Å². The van der Waals surface area contributed by atoms with Crippen molar-refractivity contribution in [2.24, 2.45) is 11.7 Å². The molecule has 3 rings (SSSR count). The van der Waals surface area contributed by atoms with E-state index in [4.69, 9.17) is 5.73 Å². The van der Waals surface area contributed by atoms with E-state index in [9.17, 15) is 9.59 Å². The Morgan fingerprint density at radius 1 is 1.29 bits per heavy atom. The Kier molecular flexibility index (Phi) is 4.85. The van der Waals surface area contributed by atoms with Crippen molar-refractivity contribution in [2.45, 2.75) is 51.0 Å². The molecule has 2 amide bonds. The van der Waals surface area contributed by atoms with Gasteiger partial charge in [0.25, 0.3) is 0 Å². The molecule has 1 saturated carbocycles. The lowest BCUT2D eigenvalue weighted by Crippen LogP contribution is -2.56. The molecule has 6 nitrogen and oxygen atoms in total. The van der Waals surface area contributed by atoms with Crippen LogP contribution in [0.15, 0.2) is 18.2 Å². The minimum absolute atomic E-state index is 0.0196. The van der Waals surface area contributed by atoms with Gasteiger partial charge in [-0.25, -0.2) is 4.98 Å².